The Bertz CT molecular complexity index is 1900. The SMILES string of the molecule is CCn1c2ccc(C(=O)/C(CSCc3c(C)cccc3C)=N/OC(C)=O)cc2c2cc(C(=O)c3ccccc3C)ccc21. The highest BCUT2D eigenvalue weighted by molar-refractivity contribution is 7.99. The predicted octanol–water partition coefficient (Wildman–Crippen LogP) is 8.01. The van der Waals surface area contributed by atoms with E-state index < -0.39 is 5.97 Å². The summed E-state index contributed by atoms with van der Waals surface area (Å²) in [5, 5.41) is 5.73. The third-order valence-electron chi connectivity index (χ3n) is 7.77. The van der Waals surface area contributed by atoms with Crippen LogP contribution in [-0.2, 0) is 21.9 Å². The zero-order valence-electron chi connectivity index (χ0n) is 25.1. The van der Waals surface area contributed by atoms with Crippen LogP contribution in [0.3, 0.4) is 0 Å². The van der Waals surface area contributed by atoms with Crippen molar-refractivity contribution < 1.29 is 19.2 Å². The van der Waals surface area contributed by atoms with E-state index in [0.717, 1.165) is 33.9 Å². The lowest BCUT2D eigenvalue weighted by molar-refractivity contribution is -0.140. The fraction of sp³-hybridized carbons (Fsp3) is 0.222. The molecule has 6 nitrogen and oxygen atoms in total. The van der Waals surface area contributed by atoms with Gasteiger partial charge in [-0.15, -0.1) is 0 Å². The van der Waals surface area contributed by atoms with Gasteiger partial charge in [-0.1, -0.05) is 47.6 Å². The number of ketones is 2. The lowest BCUT2D eigenvalue weighted by atomic mass is 9.97. The Morgan fingerprint density at radius 3 is 2.02 bits per heavy atom. The molecule has 0 aliphatic rings. The Labute approximate surface area is 255 Å². The molecule has 0 aliphatic carbocycles. The Morgan fingerprint density at radius 1 is 0.791 bits per heavy atom. The first-order chi connectivity index (χ1) is 20.7. The number of Topliss-reactive ketones (excluding diaryl/α,β-unsaturated/α-hetero) is 1. The maximum absolute atomic E-state index is 13.8. The summed E-state index contributed by atoms with van der Waals surface area (Å²) in [6.45, 7) is 10.1. The molecule has 0 bridgehead atoms. The van der Waals surface area contributed by atoms with Crippen molar-refractivity contribution in [3.8, 4) is 0 Å². The fourth-order valence-corrected chi connectivity index (χ4v) is 6.59. The maximum Gasteiger partial charge on any atom is 0.331 e. The van der Waals surface area contributed by atoms with Crippen LogP contribution < -0.4 is 0 Å². The van der Waals surface area contributed by atoms with Gasteiger partial charge in [0, 0.05) is 63.5 Å². The van der Waals surface area contributed by atoms with E-state index in [1.54, 1.807) is 17.8 Å². The van der Waals surface area contributed by atoms with Gasteiger partial charge in [-0.05, 0) is 86.3 Å². The highest BCUT2D eigenvalue weighted by Gasteiger charge is 2.20. The van der Waals surface area contributed by atoms with Crippen LogP contribution in [0.15, 0.2) is 84.0 Å². The van der Waals surface area contributed by atoms with Gasteiger partial charge in [-0.25, -0.2) is 4.79 Å². The normalized spacial score (nSPS) is 11.7. The molecule has 0 N–H and O–H groups in total. The van der Waals surface area contributed by atoms with Gasteiger partial charge in [-0.2, -0.15) is 11.8 Å². The lowest BCUT2D eigenvalue weighted by Gasteiger charge is -2.10. The van der Waals surface area contributed by atoms with Crippen LogP contribution in [0.25, 0.3) is 21.8 Å². The molecular formula is C36H34N2O4S. The maximum atomic E-state index is 13.8. The van der Waals surface area contributed by atoms with Crippen molar-refractivity contribution in [3.05, 3.63) is 118 Å². The molecule has 1 aromatic heterocycles. The van der Waals surface area contributed by atoms with E-state index in [2.05, 4.69) is 42.6 Å². The average molecular weight is 591 g/mol. The first-order valence-corrected chi connectivity index (χ1v) is 15.4. The van der Waals surface area contributed by atoms with Crippen molar-refractivity contribution in [2.45, 2.75) is 46.9 Å². The Morgan fingerprint density at radius 2 is 1.40 bits per heavy atom. The zero-order valence-corrected chi connectivity index (χ0v) is 25.9. The molecule has 0 radical (unpaired) electrons. The van der Waals surface area contributed by atoms with Crippen molar-refractivity contribution in [3.63, 3.8) is 0 Å². The summed E-state index contributed by atoms with van der Waals surface area (Å²) in [4.78, 5) is 43.8. The summed E-state index contributed by atoms with van der Waals surface area (Å²) in [5.41, 5.74) is 8.35. The lowest BCUT2D eigenvalue weighted by Crippen LogP contribution is -2.18. The third kappa shape index (κ3) is 6.18. The van der Waals surface area contributed by atoms with Crippen LogP contribution in [0.1, 0.15) is 62.4 Å². The van der Waals surface area contributed by atoms with Crippen LogP contribution in [0, 0.1) is 20.8 Å². The highest BCUT2D eigenvalue weighted by Crippen LogP contribution is 2.32. The standard InChI is InChI=1S/C36H34N2O4S/c1-6-38-33-16-14-26(35(40)28-13-8-7-10-22(28)2)18-29(33)30-19-27(15-17-34(30)38)36(41)32(37-42-25(5)39)21-43-20-31-23(3)11-9-12-24(31)4/h7-19H,6,20-21H2,1-5H3/b37-32+. The van der Waals surface area contributed by atoms with E-state index in [4.69, 9.17) is 4.84 Å². The van der Waals surface area contributed by atoms with Gasteiger partial charge >= 0.3 is 5.97 Å². The summed E-state index contributed by atoms with van der Waals surface area (Å²) in [5.74, 6) is 0.0513. The average Bonchev–Trinajstić information content (AvgIpc) is 3.31. The van der Waals surface area contributed by atoms with Crippen molar-refractivity contribution >= 4 is 56.8 Å². The molecule has 7 heteroatoms. The zero-order chi connectivity index (χ0) is 30.7. The quantitative estimate of drug-likeness (QED) is 0.0713. The molecular weight excluding hydrogens is 556 g/mol. The number of nitrogens with zero attached hydrogens (tertiary/aromatic N) is 2. The number of carbonyl (C=O) groups is 3. The third-order valence-corrected chi connectivity index (χ3v) is 8.74. The van der Waals surface area contributed by atoms with Gasteiger partial charge < -0.3 is 9.40 Å². The molecule has 1 heterocycles. The minimum Gasteiger partial charge on any atom is -0.341 e. The smallest absolute Gasteiger partial charge is 0.331 e. The molecule has 0 amide bonds. The molecule has 0 spiro atoms. The number of rotatable bonds is 10. The topological polar surface area (TPSA) is 77.7 Å². The van der Waals surface area contributed by atoms with Crippen molar-refractivity contribution in [2.24, 2.45) is 5.16 Å². The van der Waals surface area contributed by atoms with E-state index in [0.29, 0.717) is 22.4 Å². The van der Waals surface area contributed by atoms with E-state index in [1.807, 2.05) is 67.6 Å². The Kier molecular flexibility index (Phi) is 8.92. The van der Waals surface area contributed by atoms with Crippen molar-refractivity contribution in [2.75, 3.05) is 5.75 Å². The molecule has 4 aromatic carbocycles. The number of hydrogen-bond donors (Lipinski definition) is 0. The molecule has 43 heavy (non-hydrogen) atoms. The number of benzene rings is 4. The monoisotopic (exact) mass is 590 g/mol. The van der Waals surface area contributed by atoms with Gasteiger partial charge in [-0.3, -0.25) is 9.59 Å². The summed E-state index contributed by atoms with van der Waals surface area (Å²) in [7, 11) is 0. The molecule has 0 saturated carbocycles. The second-order valence-electron chi connectivity index (χ2n) is 10.7. The van der Waals surface area contributed by atoms with Gasteiger partial charge in [0.05, 0.1) is 0 Å². The van der Waals surface area contributed by atoms with Crippen molar-refractivity contribution in [1.82, 2.24) is 4.57 Å². The van der Waals surface area contributed by atoms with Gasteiger partial charge in [0.1, 0.15) is 5.71 Å². The molecule has 0 atom stereocenters. The van der Waals surface area contributed by atoms with E-state index in [-0.39, 0.29) is 23.0 Å². The molecule has 0 fully saturated rings. The van der Waals surface area contributed by atoms with E-state index >= 15 is 0 Å². The number of carbonyl (C=O) groups excluding carboxylic acids is 3. The number of aryl methyl sites for hydroxylation is 4. The highest BCUT2D eigenvalue weighted by atomic mass is 32.2. The van der Waals surface area contributed by atoms with Gasteiger partial charge in [0.25, 0.3) is 0 Å². The van der Waals surface area contributed by atoms with Crippen LogP contribution in [0.5, 0.6) is 0 Å². The van der Waals surface area contributed by atoms with Crippen LogP contribution in [-0.4, -0.2) is 33.6 Å². The first-order valence-electron chi connectivity index (χ1n) is 14.3. The number of thioether (sulfide) groups is 1. The summed E-state index contributed by atoms with van der Waals surface area (Å²) in [6.07, 6.45) is 0. The Hall–Kier alpha value is -4.49. The van der Waals surface area contributed by atoms with E-state index in [1.165, 1.54) is 23.6 Å². The summed E-state index contributed by atoms with van der Waals surface area (Å²) >= 11 is 1.55. The molecule has 5 aromatic rings. The van der Waals surface area contributed by atoms with E-state index in [9.17, 15) is 14.4 Å². The minimum atomic E-state index is -0.586. The predicted molar refractivity (Wildman–Crippen MR) is 175 cm³/mol. The second kappa shape index (κ2) is 12.8. The second-order valence-corrected chi connectivity index (χ2v) is 11.7. The van der Waals surface area contributed by atoms with Crippen molar-refractivity contribution in [1.29, 1.82) is 0 Å². The Balaban J connectivity index is 1.51. The van der Waals surface area contributed by atoms with Gasteiger partial charge in [0.2, 0.25) is 5.78 Å². The number of hydrogen-bond acceptors (Lipinski definition) is 6. The number of aromatic nitrogens is 1. The largest absolute Gasteiger partial charge is 0.341 e. The van der Waals surface area contributed by atoms with Crippen LogP contribution in [0.2, 0.25) is 0 Å². The molecule has 5 rings (SSSR count). The van der Waals surface area contributed by atoms with Crippen LogP contribution in [0.4, 0.5) is 0 Å². The summed E-state index contributed by atoms with van der Waals surface area (Å²) < 4.78 is 2.18. The fourth-order valence-electron chi connectivity index (χ4n) is 5.46. The van der Waals surface area contributed by atoms with Crippen LogP contribution >= 0.6 is 11.8 Å². The van der Waals surface area contributed by atoms with Gasteiger partial charge in [0.15, 0.2) is 5.78 Å². The molecule has 0 aliphatic heterocycles. The molecule has 0 unspecified atom stereocenters. The molecule has 0 saturated heterocycles. The first kappa shape index (κ1) is 30.0. The number of oxime groups is 1. The number of fused-ring (bicyclic) bond motifs is 3. The molecule has 218 valence electrons. The minimum absolute atomic E-state index is 0.0404. The summed E-state index contributed by atoms with van der Waals surface area (Å²) in [6, 6.07) is 25.1.